The van der Waals surface area contributed by atoms with Crippen LogP contribution in [-0.4, -0.2) is 15.0 Å². The Morgan fingerprint density at radius 1 is 0.339 bits per heavy atom. The standard InChI is InChI=1S/C58H38N4/c1-36-17-21-41(22-18-36)56-60-57(42-23-19-37(2)20-24-42)62-58(61-56)43-31-29-40(30-32-43)54-47(13-8-16-53(54)59-3)45-10-6-9-44(35-45)38-25-27-39(28-26-38)46-33-34-52-49-12-5-4-11-48(49)51-15-7-14-50(46)55(51)52/h4-35H,1-2H3. The zero-order chi connectivity index (χ0) is 41.7. The molecule has 0 atom stereocenters. The van der Waals surface area contributed by atoms with Crippen molar-refractivity contribution < 1.29 is 0 Å². The summed E-state index contributed by atoms with van der Waals surface area (Å²) in [5.41, 5.74) is 19.5. The maximum absolute atomic E-state index is 8.18. The molecule has 1 aliphatic carbocycles. The van der Waals surface area contributed by atoms with Crippen molar-refractivity contribution in [1.29, 1.82) is 0 Å². The van der Waals surface area contributed by atoms with Gasteiger partial charge in [-0.25, -0.2) is 19.8 Å². The van der Waals surface area contributed by atoms with E-state index in [9.17, 15) is 0 Å². The summed E-state index contributed by atoms with van der Waals surface area (Å²) >= 11 is 0. The summed E-state index contributed by atoms with van der Waals surface area (Å²) in [4.78, 5) is 18.8. The average Bonchev–Trinajstić information content (AvgIpc) is 3.66. The van der Waals surface area contributed by atoms with Crippen molar-refractivity contribution in [2.45, 2.75) is 13.8 Å². The molecule has 0 spiro atoms. The SMILES string of the molecule is [C-]#[N+]c1cccc(-c2cccc(-c3ccc(-c4ccc5c6c(cccc46)-c4ccccc4-5)cc3)c2)c1-c1ccc(-c2nc(-c3ccc(C)cc3)nc(-c3ccc(C)cc3)n2)cc1. The molecule has 0 radical (unpaired) electrons. The second kappa shape index (κ2) is 15.1. The smallest absolute Gasteiger partial charge is 0.195 e. The minimum atomic E-state index is 0.592. The fourth-order valence-corrected chi connectivity index (χ4v) is 8.90. The molecule has 9 aromatic carbocycles. The Morgan fingerprint density at radius 2 is 0.790 bits per heavy atom. The second-order valence-electron chi connectivity index (χ2n) is 16.0. The van der Waals surface area contributed by atoms with Crippen LogP contribution in [0.1, 0.15) is 11.1 Å². The molecule has 1 aliphatic rings. The van der Waals surface area contributed by atoms with Crippen LogP contribution in [-0.2, 0) is 0 Å². The number of aryl methyl sites for hydroxylation is 2. The van der Waals surface area contributed by atoms with Gasteiger partial charge < -0.3 is 0 Å². The number of hydrogen-bond donors (Lipinski definition) is 0. The van der Waals surface area contributed by atoms with Crippen molar-refractivity contribution in [3.8, 4) is 101 Å². The van der Waals surface area contributed by atoms with Gasteiger partial charge in [-0.05, 0) is 97.4 Å². The topological polar surface area (TPSA) is 43.0 Å². The van der Waals surface area contributed by atoms with Gasteiger partial charge in [0.15, 0.2) is 23.2 Å². The minimum absolute atomic E-state index is 0.592. The molecular weight excluding hydrogens is 753 g/mol. The Kier molecular flexibility index (Phi) is 8.95. The molecule has 0 aliphatic heterocycles. The predicted octanol–water partition coefficient (Wildman–Crippen LogP) is 15.5. The first-order valence-corrected chi connectivity index (χ1v) is 20.9. The van der Waals surface area contributed by atoms with E-state index in [0.717, 1.165) is 50.1 Å². The number of benzene rings is 9. The lowest BCUT2D eigenvalue weighted by Crippen LogP contribution is -2.00. The molecule has 0 saturated heterocycles. The summed E-state index contributed by atoms with van der Waals surface area (Å²) in [6, 6.07) is 68.2. The highest BCUT2D eigenvalue weighted by Gasteiger charge is 2.22. The van der Waals surface area contributed by atoms with E-state index in [1.54, 1.807) is 0 Å². The van der Waals surface area contributed by atoms with Crippen molar-refractivity contribution in [3.05, 3.63) is 217 Å². The van der Waals surface area contributed by atoms with E-state index in [0.29, 0.717) is 23.2 Å². The molecule has 0 unspecified atom stereocenters. The van der Waals surface area contributed by atoms with E-state index < -0.39 is 0 Å². The van der Waals surface area contributed by atoms with Gasteiger partial charge in [0.2, 0.25) is 0 Å². The van der Waals surface area contributed by atoms with Crippen molar-refractivity contribution in [2.75, 3.05) is 0 Å². The molecule has 10 aromatic rings. The van der Waals surface area contributed by atoms with Crippen LogP contribution in [0.3, 0.4) is 0 Å². The second-order valence-corrected chi connectivity index (χ2v) is 16.0. The van der Waals surface area contributed by atoms with E-state index in [1.807, 2.05) is 24.3 Å². The summed E-state index contributed by atoms with van der Waals surface area (Å²) in [6.45, 7) is 12.3. The Labute approximate surface area is 361 Å². The van der Waals surface area contributed by atoms with E-state index in [1.165, 1.54) is 55.3 Å². The van der Waals surface area contributed by atoms with E-state index >= 15 is 0 Å². The quantitative estimate of drug-likeness (QED) is 0.151. The predicted molar refractivity (Wildman–Crippen MR) is 256 cm³/mol. The van der Waals surface area contributed by atoms with E-state index in [4.69, 9.17) is 21.5 Å². The van der Waals surface area contributed by atoms with Gasteiger partial charge in [0.1, 0.15) is 0 Å². The molecule has 62 heavy (non-hydrogen) atoms. The molecule has 0 fully saturated rings. The average molecular weight is 791 g/mol. The number of nitrogens with zero attached hydrogens (tertiary/aromatic N) is 4. The molecule has 0 saturated carbocycles. The van der Waals surface area contributed by atoms with Gasteiger partial charge in [-0.15, -0.1) is 0 Å². The summed E-state index contributed by atoms with van der Waals surface area (Å²) in [6.07, 6.45) is 0. The Balaban J connectivity index is 0.927. The lowest BCUT2D eigenvalue weighted by molar-refractivity contribution is 1.07. The highest BCUT2D eigenvalue weighted by molar-refractivity contribution is 6.18. The molecule has 1 aromatic heterocycles. The zero-order valence-corrected chi connectivity index (χ0v) is 34.3. The fourth-order valence-electron chi connectivity index (χ4n) is 8.90. The molecule has 4 heteroatoms. The molecular formula is C58H38N4. The third-order valence-electron chi connectivity index (χ3n) is 12.1. The maximum Gasteiger partial charge on any atom is 0.195 e. The van der Waals surface area contributed by atoms with Crippen LogP contribution < -0.4 is 0 Å². The Bertz CT molecular complexity index is 3300. The summed E-state index contributed by atoms with van der Waals surface area (Å²) < 4.78 is 0. The summed E-state index contributed by atoms with van der Waals surface area (Å²) in [5, 5.41) is 2.61. The van der Waals surface area contributed by atoms with E-state index in [2.05, 4.69) is 189 Å². The van der Waals surface area contributed by atoms with Crippen LogP contribution in [0, 0.1) is 20.4 Å². The first-order valence-electron chi connectivity index (χ1n) is 20.9. The normalized spacial score (nSPS) is 11.4. The first-order chi connectivity index (χ1) is 30.5. The van der Waals surface area contributed by atoms with Gasteiger partial charge in [-0.2, -0.15) is 0 Å². The zero-order valence-electron chi connectivity index (χ0n) is 34.3. The largest absolute Gasteiger partial charge is 0.237 e. The van der Waals surface area contributed by atoms with Crippen LogP contribution in [0.5, 0.6) is 0 Å². The number of fused-ring (bicyclic) bond motifs is 3. The third kappa shape index (κ3) is 6.45. The van der Waals surface area contributed by atoms with Gasteiger partial charge in [0.05, 0.1) is 6.57 Å². The highest BCUT2D eigenvalue weighted by Crippen LogP contribution is 2.49. The summed E-state index contributed by atoms with van der Waals surface area (Å²) in [7, 11) is 0. The van der Waals surface area contributed by atoms with E-state index in [-0.39, 0.29) is 0 Å². The minimum Gasteiger partial charge on any atom is -0.237 e. The number of rotatable bonds is 7. The van der Waals surface area contributed by atoms with Crippen LogP contribution in [0.15, 0.2) is 194 Å². The van der Waals surface area contributed by atoms with Crippen LogP contribution in [0.2, 0.25) is 0 Å². The lowest BCUT2D eigenvalue weighted by Gasteiger charge is -2.15. The van der Waals surface area contributed by atoms with Gasteiger partial charge >= 0.3 is 0 Å². The van der Waals surface area contributed by atoms with Crippen molar-refractivity contribution in [3.63, 3.8) is 0 Å². The number of hydrogen-bond acceptors (Lipinski definition) is 3. The Morgan fingerprint density at radius 3 is 1.40 bits per heavy atom. The molecule has 11 rings (SSSR count). The number of aromatic nitrogens is 3. The molecule has 290 valence electrons. The van der Waals surface area contributed by atoms with Gasteiger partial charge in [-0.3, -0.25) is 0 Å². The molecule has 0 N–H and O–H groups in total. The van der Waals surface area contributed by atoms with Crippen molar-refractivity contribution in [2.24, 2.45) is 0 Å². The van der Waals surface area contributed by atoms with Gasteiger partial charge in [0.25, 0.3) is 0 Å². The highest BCUT2D eigenvalue weighted by atomic mass is 15.0. The molecule has 4 nitrogen and oxygen atoms in total. The molecule has 0 amide bonds. The monoisotopic (exact) mass is 790 g/mol. The summed E-state index contributed by atoms with van der Waals surface area (Å²) in [5.74, 6) is 1.84. The molecule has 0 bridgehead atoms. The van der Waals surface area contributed by atoms with Crippen molar-refractivity contribution in [1.82, 2.24) is 15.0 Å². The van der Waals surface area contributed by atoms with Crippen LogP contribution in [0.4, 0.5) is 5.69 Å². The lowest BCUT2D eigenvalue weighted by atomic mass is 9.90. The van der Waals surface area contributed by atoms with Crippen LogP contribution in [0.25, 0.3) is 117 Å². The van der Waals surface area contributed by atoms with Gasteiger partial charge in [0, 0.05) is 16.7 Å². The first kappa shape index (κ1) is 36.8. The Hall–Kier alpha value is -8.26. The molecule has 1 heterocycles. The van der Waals surface area contributed by atoms with Crippen molar-refractivity contribution >= 4 is 16.5 Å². The van der Waals surface area contributed by atoms with Gasteiger partial charge in [-0.1, -0.05) is 199 Å². The maximum atomic E-state index is 8.18. The van der Waals surface area contributed by atoms with Crippen LogP contribution >= 0.6 is 0 Å². The third-order valence-corrected chi connectivity index (χ3v) is 12.1. The fraction of sp³-hybridized carbons (Fsp3) is 0.0345.